The van der Waals surface area contributed by atoms with E-state index in [1.54, 1.807) is 13.8 Å². The lowest BCUT2D eigenvalue weighted by Crippen LogP contribution is -2.34. The van der Waals surface area contributed by atoms with Crippen LogP contribution in [-0.4, -0.2) is 58.2 Å². The molecule has 150 valence electrons. The van der Waals surface area contributed by atoms with Crippen LogP contribution in [0.4, 0.5) is 0 Å². The highest BCUT2D eigenvalue weighted by Crippen LogP contribution is 2.32. The summed E-state index contributed by atoms with van der Waals surface area (Å²) < 4.78 is 53.3. The number of hydrogen-bond donors (Lipinski definition) is 1. The highest BCUT2D eigenvalue weighted by Gasteiger charge is 2.39. The molecule has 1 fully saturated rings. The Kier molecular flexibility index (Phi) is 7.66. The Morgan fingerprint density at radius 2 is 1.58 bits per heavy atom. The fraction of sp³-hybridized carbons (Fsp3) is 0.625. The maximum atomic E-state index is 12.8. The second kappa shape index (κ2) is 8.53. The molecule has 1 heterocycles. The van der Waals surface area contributed by atoms with E-state index in [1.807, 2.05) is 6.92 Å². The second-order valence-corrected chi connectivity index (χ2v) is 10.5. The van der Waals surface area contributed by atoms with Gasteiger partial charge < -0.3 is 5.73 Å². The Morgan fingerprint density at radius 3 is 2.00 bits per heavy atom. The molecule has 1 aliphatic heterocycles. The Labute approximate surface area is 163 Å². The third-order valence-electron chi connectivity index (χ3n) is 4.82. The minimum absolute atomic E-state index is 0. The van der Waals surface area contributed by atoms with Crippen LogP contribution in [0.15, 0.2) is 34.1 Å². The highest BCUT2D eigenvalue weighted by molar-refractivity contribution is 7.89. The van der Waals surface area contributed by atoms with Gasteiger partial charge in [0.25, 0.3) is 0 Å². The first kappa shape index (κ1) is 23.3. The Balaban J connectivity index is 0.00000338. The van der Waals surface area contributed by atoms with Crippen molar-refractivity contribution in [1.29, 1.82) is 0 Å². The van der Waals surface area contributed by atoms with E-state index in [1.165, 1.54) is 32.9 Å². The lowest BCUT2D eigenvalue weighted by atomic mass is 9.90. The van der Waals surface area contributed by atoms with Gasteiger partial charge >= 0.3 is 0 Å². The number of benzene rings is 1. The van der Waals surface area contributed by atoms with Gasteiger partial charge in [0.2, 0.25) is 20.0 Å². The van der Waals surface area contributed by atoms with Gasteiger partial charge in [-0.2, -0.15) is 8.61 Å². The van der Waals surface area contributed by atoms with E-state index < -0.39 is 20.0 Å². The van der Waals surface area contributed by atoms with Crippen molar-refractivity contribution in [1.82, 2.24) is 8.61 Å². The molecule has 7 nitrogen and oxygen atoms in total. The van der Waals surface area contributed by atoms with Crippen LogP contribution >= 0.6 is 12.4 Å². The van der Waals surface area contributed by atoms with Gasteiger partial charge in [0, 0.05) is 26.2 Å². The summed E-state index contributed by atoms with van der Waals surface area (Å²) in [6.07, 6.45) is 0.719. The average molecular weight is 426 g/mol. The number of halogens is 1. The molecule has 0 amide bonds. The van der Waals surface area contributed by atoms with Gasteiger partial charge in [0.05, 0.1) is 9.79 Å². The summed E-state index contributed by atoms with van der Waals surface area (Å²) in [5, 5.41) is 0. The molecular formula is C16H28ClN3O4S2. The molecule has 0 saturated carbocycles. The second-order valence-electron chi connectivity index (χ2n) is 6.66. The predicted octanol–water partition coefficient (Wildman–Crippen LogP) is 1.50. The van der Waals surface area contributed by atoms with Crippen LogP contribution < -0.4 is 5.73 Å². The number of nitrogens with zero attached hydrogens (tertiary/aromatic N) is 2. The zero-order valence-electron chi connectivity index (χ0n) is 15.4. The van der Waals surface area contributed by atoms with Crippen molar-refractivity contribution in [3.63, 3.8) is 0 Å². The SMILES string of the molecule is CCN(CC)S(=O)(=O)c1ccc(S(=O)(=O)N2CCC(C)(CN)C2)cc1.Cl. The van der Waals surface area contributed by atoms with Gasteiger partial charge in [-0.25, -0.2) is 16.8 Å². The summed E-state index contributed by atoms with van der Waals surface area (Å²) in [7, 11) is -7.24. The molecule has 0 aliphatic carbocycles. The van der Waals surface area contributed by atoms with Crippen molar-refractivity contribution >= 4 is 32.5 Å². The fourth-order valence-corrected chi connectivity index (χ4v) is 6.04. The molecule has 26 heavy (non-hydrogen) atoms. The van der Waals surface area contributed by atoms with E-state index in [2.05, 4.69) is 0 Å². The van der Waals surface area contributed by atoms with E-state index >= 15 is 0 Å². The Hall–Kier alpha value is -0.710. The van der Waals surface area contributed by atoms with Gasteiger partial charge in [0.1, 0.15) is 0 Å². The first-order valence-electron chi connectivity index (χ1n) is 8.41. The number of rotatable bonds is 7. The summed E-state index contributed by atoms with van der Waals surface area (Å²) in [5.41, 5.74) is 5.53. The largest absolute Gasteiger partial charge is 0.330 e. The fourth-order valence-electron chi connectivity index (χ4n) is 3.00. The molecule has 1 aromatic carbocycles. The van der Waals surface area contributed by atoms with Crippen molar-refractivity contribution in [2.45, 2.75) is 37.0 Å². The van der Waals surface area contributed by atoms with Crippen molar-refractivity contribution in [2.24, 2.45) is 11.1 Å². The van der Waals surface area contributed by atoms with Crippen molar-refractivity contribution in [3.05, 3.63) is 24.3 Å². The normalized spacial score (nSPS) is 21.7. The molecule has 0 spiro atoms. The van der Waals surface area contributed by atoms with E-state index in [0.717, 1.165) is 6.42 Å². The van der Waals surface area contributed by atoms with E-state index in [0.29, 0.717) is 32.7 Å². The molecule has 1 aliphatic rings. The third-order valence-corrected chi connectivity index (χ3v) is 8.74. The molecule has 1 saturated heterocycles. The van der Waals surface area contributed by atoms with Gasteiger partial charge in [-0.05, 0) is 42.6 Å². The first-order valence-corrected chi connectivity index (χ1v) is 11.3. The number of hydrogen-bond acceptors (Lipinski definition) is 5. The van der Waals surface area contributed by atoms with Gasteiger partial charge in [-0.1, -0.05) is 20.8 Å². The smallest absolute Gasteiger partial charge is 0.243 e. The Bertz CT molecular complexity index is 808. The molecule has 1 aromatic rings. The van der Waals surface area contributed by atoms with E-state index in [4.69, 9.17) is 5.73 Å². The van der Waals surface area contributed by atoms with E-state index in [9.17, 15) is 16.8 Å². The highest BCUT2D eigenvalue weighted by atomic mass is 35.5. The lowest BCUT2D eigenvalue weighted by molar-refractivity contribution is 0.349. The minimum Gasteiger partial charge on any atom is -0.330 e. The number of nitrogens with two attached hydrogens (primary N) is 1. The minimum atomic E-state index is -3.64. The third kappa shape index (κ3) is 4.40. The molecule has 0 aromatic heterocycles. The summed E-state index contributed by atoms with van der Waals surface area (Å²) in [6, 6.07) is 5.45. The van der Waals surface area contributed by atoms with Crippen LogP contribution in [0, 0.1) is 5.41 Å². The van der Waals surface area contributed by atoms with Crippen LogP contribution in [0.1, 0.15) is 27.2 Å². The zero-order chi connectivity index (χ0) is 18.9. The van der Waals surface area contributed by atoms with Gasteiger partial charge in [-0.15, -0.1) is 12.4 Å². The monoisotopic (exact) mass is 425 g/mol. The molecule has 2 rings (SSSR count). The average Bonchev–Trinajstić information content (AvgIpc) is 3.00. The van der Waals surface area contributed by atoms with Crippen LogP contribution in [0.2, 0.25) is 0 Å². The molecule has 0 bridgehead atoms. The molecule has 0 radical (unpaired) electrons. The van der Waals surface area contributed by atoms with Crippen LogP contribution in [0.5, 0.6) is 0 Å². The van der Waals surface area contributed by atoms with Crippen LogP contribution in [-0.2, 0) is 20.0 Å². The molecule has 1 atom stereocenters. The molecular weight excluding hydrogens is 398 g/mol. The van der Waals surface area contributed by atoms with Crippen LogP contribution in [0.3, 0.4) is 0 Å². The quantitative estimate of drug-likeness (QED) is 0.713. The zero-order valence-corrected chi connectivity index (χ0v) is 17.8. The Morgan fingerprint density at radius 1 is 1.08 bits per heavy atom. The van der Waals surface area contributed by atoms with Crippen LogP contribution in [0.25, 0.3) is 0 Å². The summed E-state index contributed by atoms with van der Waals surface area (Å²) in [6.45, 7) is 7.47. The summed E-state index contributed by atoms with van der Waals surface area (Å²) in [5.74, 6) is 0. The van der Waals surface area contributed by atoms with E-state index in [-0.39, 0.29) is 27.6 Å². The predicted molar refractivity (Wildman–Crippen MR) is 104 cm³/mol. The summed E-state index contributed by atoms with van der Waals surface area (Å²) in [4.78, 5) is 0.204. The lowest BCUT2D eigenvalue weighted by Gasteiger charge is -2.22. The van der Waals surface area contributed by atoms with Crippen molar-refractivity contribution in [2.75, 3.05) is 32.7 Å². The van der Waals surface area contributed by atoms with Crippen molar-refractivity contribution < 1.29 is 16.8 Å². The molecule has 2 N–H and O–H groups in total. The van der Waals surface area contributed by atoms with Gasteiger partial charge in [0.15, 0.2) is 0 Å². The summed E-state index contributed by atoms with van der Waals surface area (Å²) >= 11 is 0. The maximum Gasteiger partial charge on any atom is 0.243 e. The maximum absolute atomic E-state index is 12.8. The standard InChI is InChI=1S/C16H27N3O4S2.ClH/c1-4-18(5-2)24(20,21)14-6-8-15(9-7-14)25(22,23)19-11-10-16(3,12-17)13-19;/h6-9H,4-5,10-13,17H2,1-3H3;1H. The van der Waals surface area contributed by atoms with Crippen molar-refractivity contribution in [3.8, 4) is 0 Å². The molecule has 1 unspecified atom stereocenters. The first-order chi connectivity index (χ1) is 11.6. The molecule has 10 heteroatoms. The number of sulfonamides is 2. The van der Waals surface area contributed by atoms with Gasteiger partial charge in [-0.3, -0.25) is 0 Å². The topological polar surface area (TPSA) is 101 Å².